The maximum atomic E-state index is 11.0. The molecule has 0 saturated carbocycles. The second-order valence-electron chi connectivity index (χ2n) is 5.60. The Balaban J connectivity index is 1.54. The van der Waals surface area contributed by atoms with Crippen molar-refractivity contribution in [2.45, 2.75) is 6.61 Å². The van der Waals surface area contributed by atoms with Gasteiger partial charge in [-0.05, 0) is 59.7 Å². The van der Waals surface area contributed by atoms with E-state index in [9.17, 15) is 4.79 Å². The van der Waals surface area contributed by atoms with E-state index in [1.807, 2.05) is 60.7 Å². The zero-order valence-electron chi connectivity index (χ0n) is 14.0. The van der Waals surface area contributed by atoms with E-state index in [4.69, 9.17) is 9.84 Å². The lowest BCUT2D eigenvalue weighted by Gasteiger charge is -2.07. The summed E-state index contributed by atoms with van der Waals surface area (Å²) in [5.74, 6) is -0.238. The molecule has 0 aliphatic carbocycles. The lowest BCUT2D eigenvalue weighted by atomic mass is 10.1. The number of aromatic carboxylic acids is 1. The van der Waals surface area contributed by atoms with Crippen LogP contribution in [0.15, 0.2) is 84.0 Å². The number of para-hydroxylation sites is 1. The van der Waals surface area contributed by atoms with E-state index < -0.39 is 5.97 Å². The number of anilines is 1. The first-order valence-electron chi connectivity index (χ1n) is 8.10. The minimum absolute atomic E-state index is 0.253. The topological polar surface area (TPSA) is 70.9 Å². The highest BCUT2D eigenvalue weighted by Crippen LogP contribution is 2.14. The van der Waals surface area contributed by atoms with E-state index in [1.54, 1.807) is 24.4 Å². The average molecular weight is 346 g/mol. The molecule has 0 spiro atoms. The molecule has 3 aromatic carbocycles. The summed E-state index contributed by atoms with van der Waals surface area (Å²) in [6.07, 6.45) is 1.73. The van der Waals surface area contributed by atoms with Crippen molar-refractivity contribution < 1.29 is 14.6 Å². The maximum Gasteiger partial charge on any atom is 0.335 e. The number of hydrazone groups is 1. The van der Waals surface area contributed by atoms with Crippen LogP contribution in [0.25, 0.3) is 0 Å². The van der Waals surface area contributed by atoms with Crippen LogP contribution in [0.2, 0.25) is 0 Å². The van der Waals surface area contributed by atoms with E-state index in [-0.39, 0.29) is 5.56 Å². The number of hydrogen-bond donors (Lipinski definition) is 2. The van der Waals surface area contributed by atoms with Gasteiger partial charge in [-0.3, -0.25) is 5.43 Å². The van der Waals surface area contributed by atoms with Crippen LogP contribution in [0, 0.1) is 0 Å². The van der Waals surface area contributed by atoms with Crippen molar-refractivity contribution in [3.8, 4) is 5.75 Å². The van der Waals surface area contributed by atoms with Crippen molar-refractivity contribution in [1.29, 1.82) is 0 Å². The Morgan fingerprint density at radius 3 is 2.50 bits per heavy atom. The van der Waals surface area contributed by atoms with Crippen molar-refractivity contribution in [3.63, 3.8) is 0 Å². The summed E-state index contributed by atoms with van der Waals surface area (Å²) in [5.41, 5.74) is 5.88. The molecule has 3 rings (SSSR count). The van der Waals surface area contributed by atoms with Gasteiger partial charge in [-0.1, -0.05) is 30.3 Å². The molecule has 0 aliphatic rings. The van der Waals surface area contributed by atoms with E-state index in [0.717, 1.165) is 16.8 Å². The number of rotatable bonds is 7. The highest BCUT2D eigenvalue weighted by Gasteiger charge is 2.03. The quantitative estimate of drug-likeness (QED) is 0.491. The summed E-state index contributed by atoms with van der Waals surface area (Å²) in [6.45, 7) is 0.310. The summed E-state index contributed by atoms with van der Waals surface area (Å²) >= 11 is 0. The number of carbonyl (C=O) groups is 1. The van der Waals surface area contributed by atoms with Crippen LogP contribution in [0.5, 0.6) is 5.75 Å². The SMILES string of the molecule is O=C(O)c1cccc(COc2ccc(C=NNc3ccccc3)cc2)c1. The van der Waals surface area contributed by atoms with Gasteiger partial charge in [0, 0.05) is 0 Å². The number of carboxylic acid groups (broad SMARTS) is 1. The average Bonchev–Trinajstić information content (AvgIpc) is 2.68. The molecule has 5 heteroatoms. The molecule has 0 bridgehead atoms. The third-order valence-corrected chi connectivity index (χ3v) is 3.64. The zero-order valence-corrected chi connectivity index (χ0v) is 14.0. The summed E-state index contributed by atoms with van der Waals surface area (Å²) in [4.78, 5) is 11.0. The molecular weight excluding hydrogens is 328 g/mol. The van der Waals surface area contributed by atoms with Crippen LogP contribution >= 0.6 is 0 Å². The second kappa shape index (κ2) is 8.48. The van der Waals surface area contributed by atoms with Gasteiger partial charge in [0.15, 0.2) is 0 Å². The predicted molar refractivity (Wildman–Crippen MR) is 102 cm³/mol. The van der Waals surface area contributed by atoms with Crippen LogP contribution in [0.4, 0.5) is 5.69 Å². The van der Waals surface area contributed by atoms with Gasteiger partial charge in [0.05, 0.1) is 17.5 Å². The lowest BCUT2D eigenvalue weighted by molar-refractivity contribution is 0.0696. The molecule has 0 amide bonds. The minimum Gasteiger partial charge on any atom is -0.489 e. The smallest absolute Gasteiger partial charge is 0.335 e. The van der Waals surface area contributed by atoms with E-state index in [0.29, 0.717) is 12.4 Å². The van der Waals surface area contributed by atoms with Gasteiger partial charge in [0.25, 0.3) is 0 Å². The fourth-order valence-corrected chi connectivity index (χ4v) is 2.30. The normalized spacial score (nSPS) is 10.6. The summed E-state index contributed by atoms with van der Waals surface area (Å²) in [6, 6.07) is 23.9. The molecule has 0 unspecified atom stereocenters. The van der Waals surface area contributed by atoms with Crippen LogP contribution in [-0.4, -0.2) is 17.3 Å². The molecule has 26 heavy (non-hydrogen) atoms. The lowest BCUT2D eigenvalue weighted by Crippen LogP contribution is -2.00. The Bertz CT molecular complexity index is 891. The highest BCUT2D eigenvalue weighted by molar-refractivity contribution is 5.87. The number of benzene rings is 3. The summed E-state index contributed by atoms with van der Waals surface area (Å²) in [7, 11) is 0. The van der Waals surface area contributed by atoms with Gasteiger partial charge < -0.3 is 9.84 Å². The van der Waals surface area contributed by atoms with Gasteiger partial charge in [0.1, 0.15) is 12.4 Å². The van der Waals surface area contributed by atoms with Crippen molar-refractivity contribution in [1.82, 2.24) is 0 Å². The number of carboxylic acids is 1. The van der Waals surface area contributed by atoms with E-state index >= 15 is 0 Å². The minimum atomic E-state index is -0.945. The Labute approximate surface area is 151 Å². The maximum absolute atomic E-state index is 11.0. The van der Waals surface area contributed by atoms with Gasteiger partial charge in [0.2, 0.25) is 0 Å². The van der Waals surface area contributed by atoms with Gasteiger partial charge >= 0.3 is 5.97 Å². The molecule has 0 fully saturated rings. The van der Waals surface area contributed by atoms with Crippen LogP contribution < -0.4 is 10.2 Å². The molecular formula is C21H18N2O3. The first kappa shape index (κ1) is 17.2. The number of nitrogens with one attached hydrogen (secondary N) is 1. The van der Waals surface area contributed by atoms with Gasteiger partial charge in [-0.25, -0.2) is 4.79 Å². The third-order valence-electron chi connectivity index (χ3n) is 3.64. The predicted octanol–water partition coefficient (Wildman–Crippen LogP) is 4.41. The Kier molecular flexibility index (Phi) is 5.62. The zero-order chi connectivity index (χ0) is 18.2. The van der Waals surface area contributed by atoms with Crippen molar-refractivity contribution in [2.24, 2.45) is 5.10 Å². The molecule has 2 N–H and O–H groups in total. The molecule has 0 saturated heterocycles. The Morgan fingerprint density at radius 1 is 1.00 bits per heavy atom. The van der Waals surface area contributed by atoms with Crippen molar-refractivity contribution >= 4 is 17.9 Å². The monoisotopic (exact) mass is 346 g/mol. The summed E-state index contributed by atoms with van der Waals surface area (Å²) < 4.78 is 5.70. The highest BCUT2D eigenvalue weighted by atomic mass is 16.5. The molecule has 0 heterocycles. The molecule has 0 aliphatic heterocycles. The number of hydrogen-bond acceptors (Lipinski definition) is 4. The van der Waals surface area contributed by atoms with E-state index in [2.05, 4.69) is 10.5 Å². The first-order valence-corrected chi connectivity index (χ1v) is 8.10. The van der Waals surface area contributed by atoms with Gasteiger partial charge in [-0.15, -0.1) is 0 Å². The molecule has 5 nitrogen and oxygen atoms in total. The molecule has 0 aromatic heterocycles. The van der Waals surface area contributed by atoms with Crippen LogP contribution in [-0.2, 0) is 6.61 Å². The molecule has 130 valence electrons. The standard InChI is InChI=1S/C21H18N2O3/c24-21(25)18-6-4-5-17(13-18)15-26-20-11-9-16(10-12-20)14-22-23-19-7-2-1-3-8-19/h1-14,23H,15H2,(H,24,25). The van der Waals surface area contributed by atoms with Crippen LogP contribution in [0.3, 0.4) is 0 Å². The summed E-state index contributed by atoms with van der Waals surface area (Å²) in [5, 5.41) is 13.2. The fraction of sp³-hybridized carbons (Fsp3) is 0.0476. The fourth-order valence-electron chi connectivity index (χ4n) is 2.30. The molecule has 0 radical (unpaired) electrons. The van der Waals surface area contributed by atoms with Gasteiger partial charge in [-0.2, -0.15) is 5.10 Å². The van der Waals surface area contributed by atoms with Crippen LogP contribution in [0.1, 0.15) is 21.5 Å². The number of nitrogens with zero attached hydrogens (tertiary/aromatic N) is 1. The van der Waals surface area contributed by atoms with Crippen molar-refractivity contribution in [3.05, 3.63) is 95.6 Å². The first-order chi connectivity index (χ1) is 12.7. The molecule has 3 aromatic rings. The Morgan fingerprint density at radius 2 is 1.77 bits per heavy atom. The largest absolute Gasteiger partial charge is 0.489 e. The Hall–Kier alpha value is -3.60. The van der Waals surface area contributed by atoms with E-state index in [1.165, 1.54) is 0 Å². The molecule has 0 atom stereocenters. The van der Waals surface area contributed by atoms with Crippen molar-refractivity contribution in [2.75, 3.05) is 5.43 Å². The second-order valence-corrected chi connectivity index (χ2v) is 5.60. The third kappa shape index (κ3) is 4.95. The number of ether oxygens (including phenoxy) is 1.